The monoisotopic (exact) mass is 474 g/mol. The van der Waals surface area contributed by atoms with Gasteiger partial charge in [-0.2, -0.15) is 0 Å². The van der Waals surface area contributed by atoms with E-state index in [-0.39, 0.29) is 29.4 Å². The van der Waals surface area contributed by atoms with Gasteiger partial charge in [0.2, 0.25) is 5.91 Å². The summed E-state index contributed by atoms with van der Waals surface area (Å²) >= 11 is 6.11. The molecule has 2 heterocycles. The van der Waals surface area contributed by atoms with Crippen LogP contribution in [0.3, 0.4) is 0 Å². The number of carboxylic acids is 1. The van der Waals surface area contributed by atoms with Crippen molar-refractivity contribution in [1.29, 1.82) is 0 Å². The van der Waals surface area contributed by atoms with E-state index in [4.69, 9.17) is 21.1 Å². The molecule has 1 saturated heterocycles. The van der Waals surface area contributed by atoms with Crippen molar-refractivity contribution in [2.75, 3.05) is 31.6 Å². The van der Waals surface area contributed by atoms with Crippen molar-refractivity contribution in [3.05, 3.63) is 52.5 Å². The molecule has 1 fully saturated rings. The van der Waals surface area contributed by atoms with Crippen LogP contribution in [0, 0.1) is 0 Å². The highest BCUT2D eigenvalue weighted by Crippen LogP contribution is 2.42. The van der Waals surface area contributed by atoms with Gasteiger partial charge in [0.15, 0.2) is 0 Å². The van der Waals surface area contributed by atoms with Crippen LogP contribution >= 0.6 is 11.6 Å². The van der Waals surface area contributed by atoms with Crippen LogP contribution in [0.15, 0.2) is 36.4 Å². The number of rotatable bonds is 7. The summed E-state index contributed by atoms with van der Waals surface area (Å²) in [6, 6.07) is 9.93. The maximum absolute atomic E-state index is 11.4. The summed E-state index contributed by atoms with van der Waals surface area (Å²) in [4.78, 5) is 24.9. The van der Waals surface area contributed by atoms with E-state index in [0.717, 1.165) is 43.7 Å². The predicted octanol–water partition coefficient (Wildman–Crippen LogP) is 3.21. The lowest BCUT2D eigenvalue weighted by Crippen LogP contribution is -2.49. The van der Waals surface area contributed by atoms with Crippen molar-refractivity contribution in [2.45, 2.75) is 37.9 Å². The number of likely N-dealkylation sites (tertiary alicyclic amines) is 1. The standard InChI is InChI=1S/C24H27ClN2O6/c1-15(28)26-20-4-2-16(23(30)31)11-22(20)32-14-19(29)13-27-8-6-24(7-9-27)12-17-10-18(25)3-5-21(17)33-24/h2-5,10-11,19,29H,6-9,12-14H2,1H3,(H,26,28)(H,30,31)/t19-/m0/s1. The molecule has 1 atom stereocenters. The number of carbonyl (C=O) groups excluding carboxylic acids is 1. The van der Waals surface area contributed by atoms with Crippen molar-refractivity contribution >= 4 is 29.2 Å². The summed E-state index contributed by atoms with van der Waals surface area (Å²) in [5, 5.41) is 23.1. The Bertz CT molecular complexity index is 1050. The van der Waals surface area contributed by atoms with Crippen LogP contribution < -0.4 is 14.8 Å². The number of piperidine rings is 1. The van der Waals surface area contributed by atoms with Gasteiger partial charge in [0, 0.05) is 50.8 Å². The Morgan fingerprint density at radius 3 is 2.70 bits per heavy atom. The lowest BCUT2D eigenvalue weighted by Gasteiger charge is -2.39. The largest absolute Gasteiger partial charge is 0.489 e. The number of nitrogens with zero attached hydrogens (tertiary/aromatic N) is 1. The second-order valence-electron chi connectivity index (χ2n) is 8.68. The van der Waals surface area contributed by atoms with Crippen molar-refractivity contribution < 1.29 is 29.3 Å². The molecule has 2 aliphatic heterocycles. The van der Waals surface area contributed by atoms with E-state index in [2.05, 4.69) is 10.2 Å². The fourth-order valence-corrected chi connectivity index (χ4v) is 4.62. The SMILES string of the molecule is CC(=O)Nc1ccc(C(=O)O)cc1OC[C@@H](O)CN1CCC2(CC1)Cc1cc(Cl)ccc1O2. The topological polar surface area (TPSA) is 108 Å². The Kier molecular flexibility index (Phi) is 6.78. The van der Waals surface area contributed by atoms with Crippen LogP contribution in [-0.4, -0.2) is 64.9 Å². The molecule has 2 aromatic rings. The smallest absolute Gasteiger partial charge is 0.335 e. The summed E-state index contributed by atoms with van der Waals surface area (Å²) in [7, 11) is 0. The second kappa shape index (κ2) is 9.59. The zero-order chi connectivity index (χ0) is 23.6. The van der Waals surface area contributed by atoms with E-state index in [1.54, 1.807) is 0 Å². The minimum Gasteiger partial charge on any atom is -0.489 e. The molecule has 1 spiro atoms. The second-order valence-corrected chi connectivity index (χ2v) is 9.11. The summed E-state index contributed by atoms with van der Waals surface area (Å²) in [6.45, 7) is 3.31. The Morgan fingerprint density at radius 2 is 2.00 bits per heavy atom. The zero-order valence-corrected chi connectivity index (χ0v) is 19.1. The summed E-state index contributed by atoms with van der Waals surface area (Å²) in [6.07, 6.45) is 1.76. The quantitative estimate of drug-likeness (QED) is 0.565. The number of aliphatic hydroxyl groups is 1. The molecule has 0 radical (unpaired) electrons. The molecular weight excluding hydrogens is 448 g/mol. The number of β-amino-alcohol motifs (C(OH)–C–C–N with tert-alkyl or cyclic N) is 1. The number of anilines is 1. The van der Waals surface area contributed by atoms with Crippen molar-refractivity contribution in [3.8, 4) is 11.5 Å². The molecule has 176 valence electrons. The molecule has 3 N–H and O–H groups in total. The predicted molar refractivity (Wildman–Crippen MR) is 123 cm³/mol. The summed E-state index contributed by atoms with van der Waals surface area (Å²) in [5.41, 5.74) is 1.32. The molecule has 2 aromatic carbocycles. The Hall–Kier alpha value is -2.81. The summed E-state index contributed by atoms with van der Waals surface area (Å²) in [5.74, 6) is -0.294. The van der Waals surface area contributed by atoms with Gasteiger partial charge in [-0.3, -0.25) is 4.79 Å². The fourth-order valence-electron chi connectivity index (χ4n) is 4.43. The van der Waals surface area contributed by atoms with Crippen LogP contribution in [0.2, 0.25) is 5.02 Å². The first-order valence-electron chi connectivity index (χ1n) is 10.9. The van der Waals surface area contributed by atoms with Crippen LogP contribution in [-0.2, 0) is 11.2 Å². The van der Waals surface area contributed by atoms with Crippen molar-refractivity contribution in [2.24, 2.45) is 0 Å². The molecule has 0 bridgehead atoms. The molecule has 1 amide bonds. The van der Waals surface area contributed by atoms with E-state index < -0.39 is 12.1 Å². The maximum Gasteiger partial charge on any atom is 0.335 e. The van der Waals surface area contributed by atoms with Gasteiger partial charge < -0.3 is 29.9 Å². The Balaban J connectivity index is 1.30. The third-order valence-corrected chi connectivity index (χ3v) is 6.30. The number of ether oxygens (including phenoxy) is 2. The number of amides is 1. The highest BCUT2D eigenvalue weighted by atomic mass is 35.5. The Labute approximate surface area is 197 Å². The summed E-state index contributed by atoms with van der Waals surface area (Å²) < 4.78 is 12.0. The molecule has 0 saturated carbocycles. The third-order valence-electron chi connectivity index (χ3n) is 6.07. The number of carbonyl (C=O) groups is 2. The number of hydrogen-bond donors (Lipinski definition) is 3. The first kappa shape index (κ1) is 23.4. The molecule has 33 heavy (non-hydrogen) atoms. The van der Waals surface area contributed by atoms with E-state index in [1.807, 2.05) is 18.2 Å². The van der Waals surface area contributed by atoms with Crippen LogP contribution in [0.5, 0.6) is 11.5 Å². The van der Waals surface area contributed by atoms with Crippen LogP contribution in [0.1, 0.15) is 35.7 Å². The van der Waals surface area contributed by atoms with Crippen molar-refractivity contribution in [1.82, 2.24) is 4.90 Å². The molecule has 0 aromatic heterocycles. The number of hydrogen-bond acceptors (Lipinski definition) is 6. The number of aromatic carboxylic acids is 1. The molecule has 0 unspecified atom stereocenters. The van der Waals surface area contributed by atoms with Gasteiger partial charge in [-0.25, -0.2) is 4.79 Å². The molecule has 0 aliphatic carbocycles. The number of aliphatic hydroxyl groups excluding tert-OH is 1. The lowest BCUT2D eigenvalue weighted by molar-refractivity contribution is -0.114. The number of halogens is 1. The highest BCUT2D eigenvalue weighted by molar-refractivity contribution is 6.30. The number of nitrogens with one attached hydrogen (secondary N) is 1. The number of benzene rings is 2. The lowest BCUT2D eigenvalue weighted by atomic mass is 9.87. The van der Waals surface area contributed by atoms with Crippen molar-refractivity contribution in [3.63, 3.8) is 0 Å². The first-order chi connectivity index (χ1) is 15.7. The molecule has 8 nitrogen and oxygen atoms in total. The molecule has 9 heteroatoms. The van der Waals surface area contributed by atoms with E-state index >= 15 is 0 Å². The molecular formula is C24H27ClN2O6. The Morgan fingerprint density at radius 1 is 1.24 bits per heavy atom. The minimum atomic E-state index is -1.10. The van der Waals surface area contributed by atoms with E-state index in [0.29, 0.717) is 17.3 Å². The first-order valence-corrected chi connectivity index (χ1v) is 11.3. The van der Waals surface area contributed by atoms with Gasteiger partial charge in [-0.1, -0.05) is 11.6 Å². The number of fused-ring (bicyclic) bond motifs is 1. The van der Waals surface area contributed by atoms with Crippen LogP contribution in [0.4, 0.5) is 5.69 Å². The maximum atomic E-state index is 11.4. The average Bonchev–Trinajstić information content (AvgIpc) is 3.11. The van der Waals surface area contributed by atoms with E-state index in [9.17, 15) is 19.8 Å². The number of carboxylic acid groups (broad SMARTS) is 1. The zero-order valence-electron chi connectivity index (χ0n) is 18.3. The normalized spacial score (nSPS) is 17.8. The van der Waals surface area contributed by atoms with Gasteiger partial charge in [-0.15, -0.1) is 0 Å². The van der Waals surface area contributed by atoms with Gasteiger partial charge in [-0.05, 0) is 42.0 Å². The van der Waals surface area contributed by atoms with E-state index in [1.165, 1.54) is 25.1 Å². The van der Waals surface area contributed by atoms with Gasteiger partial charge in [0.05, 0.1) is 11.3 Å². The van der Waals surface area contributed by atoms with Gasteiger partial charge >= 0.3 is 5.97 Å². The minimum absolute atomic E-state index is 0.0300. The average molecular weight is 475 g/mol. The van der Waals surface area contributed by atoms with Gasteiger partial charge in [0.25, 0.3) is 0 Å². The molecule has 4 rings (SSSR count). The van der Waals surface area contributed by atoms with Gasteiger partial charge in [0.1, 0.15) is 29.8 Å². The fraction of sp³-hybridized carbons (Fsp3) is 0.417. The molecule has 2 aliphatic rings. The van der Waals surface area contributed by atoms with Crippen LogP contribution in [0.25, 0.3) is 0 Å². The highest BCUT2D eigenvalue weighted by Gasteiger charge is 2.42. The third kappa shape index (κ3) is 5.58.